The molecule has 0 aliphatic carbocycles. The van der Waals surface area contributed by atoms with Gasteiger partial charge in [0.2, 0.25) is 5.91 Å². The van der Waals surface area contributed by atoms with Crippen LogP contribution in [0.5, 0.6) is 0 Å². The average molecular weight is 199 g/mol. The Morgan fingerprint density at radius 3 is 2.36 bits per heavy atom. The van der Waals surface area contributed by atoms with Crippen molar-refractivity contribution in [2.75, 3.05) is 6.54 Å². The number of halogens is 2. The molecule has 0 aliphatic heterocycles. The van der Waals surface area contributed by atoms with Crippen LogP contribution in [0.3, 0.4) is 0 Å². The van der Waals surface area contributed by atoms with E-state index in [9.17, 15) is 9.59 Å². The zero-order chi connectivity index (χ0) is 8.85. The van der Waals surface area contributed by atoms with Gasteiger partial charge in [-0.1, -0.05) is 0 Å². The van der Waals surface area contributed by atoms with Gasteiger partial charge in [-0.05, 0) is 0 Å². The van der Waals surface area contributed by atoms with E-state index in [2.05, 4.69) is 5.32 Å². The normalized spacial score (nSPS) is 9.45. The van der Waals surface area contributed by atoms with Gasteiger partial charge in [-0.15, -0.1) is 23.2 Å². The van der Waals surface area contributed by atoms with Gasteiger partial charge in [-0.25, -0.2) is 4.79 Å². The molecule has 3 amide bonds. The fourth-order valence-corrected chi connectivity index (χ4v) is 0.528. The molecular weight excluding hydrogens is 191 g/mol. The molecule has 0 unspecified atom stereocenters. The van der Waals surface area contributed by atoms with Crippen molar-refractivity contribution in [3.63, 3.8) is 0 Å². The van der Waals surface area contributed by atoms with Crippen molar-refractivity contribution in [2.45, 2.75) is 11.8 Å². The van der Waals surface area contributed by atoms with E-state index in [0.29, 0.717) is 0 Å². The fourth-order valence-electron chi connectivity index (χ4n) is 0.374. The monoisotopic (exact) mass is 198 g/mol. The summed E-state index contributed by atoms with van der Waals surface area (Å²) < 4.78 is 0. The highest BCUT2D eigenvalue weighted by atomic mass is 35.5. The van der Waals surface area contributed by atoms with E-state index < -0.39 is 16.8 Å². The first kappa shape index (κ1) is 10.5. The van der Waals surface area contributed by atoms with Crippen molar-refractivity contribution in [3.8, 4) is 0 Å². The molecule has 2 N–H and O–H groups in total. The van der Waals surface area contributed by atoms with Crippen LogP contribution in [0.25, 0.3) is 0 Å². The van der Waals surface area contributed by atoms with Crippen LogP contribution >= 0.6 is 23.2 Å². The number of urea groups is 1. The molecule has 0 saturated heterocycles. The maximum atomic E-state index is 10.6. The van der Waals surface area contributed by atoms with Gasteiger partial charge in [-0.2, -0.15) is 0 Å². The molecule has 0 fully saturated rings. The second kappa shape index (κ2) is 5.21. The highest BCUT2D eigenvalue weighted by Gasteiger charge is 2.03. The molecule has 64 valence electrons. The molecule has 0 aliphatic rings. The van der Waals surface area contributed by atoms with Crippen molar-refractivity contribution in [2.24, 2.45) is 0 Å². The Morgan fingerprint density at radius 1 is 1.45 bits per heavy atom. The van der Waals surface area contributed by atoms with Crippen molar-refractivity contribution >= 4 is 35.1 Å². The molecule has 0 aromatic heterocycles. The Kier molecular flexibility index (Phi) is 4.98. The Bertz CT molecular complexity index is 161. The average Bonchev–Trinajstić information content (AvgIpc) is 1.82. The first-order valence-corrected chi connectivity index (χ1v) is 3.73. The van der Waals surface area contributed by atoms with Gasteiger partial charge >= 0.3 is 6.03 Å². The van der Waals surface area contributed by atoms with Crippen LogP contribution in [0.4, 0.5) is 4.79 Å². The molecule has 0 atom stereocenters. The quantitative estimate of drug-likeness (QED) is 0.641. The predicted octanol–water partition coefficient (Wildman–Crippen LogP) is 0.636. The van der Waals surface area contributed by atoms with Gasteiger partial charge in [0.25, 0.3) is 0 Å². The zero-order valence-electron chi connectivity index (χ0n) is 5.86. The lowest BCUT2D eigenvalue weighted by molar-refractivity contribution is -0.117. The van der Waals surface area contributed by atoms with E-state index in [-0.39, 0.29) is 6.54 Å². The number of nitrogens with one attached hydrogen (secondary N) is 2. The van der Waals surface area contributed by atoms with Gasteiger partial charge in [-0.3, -0.25) is 10.1 Å². The first-order valence-electron chi connectivity index (χ1n) is 2.86. The third-order valence-corrected chi connectivity index (χ3v) is 1.02. The Morgan fingerprint density at radius 2 is 2.00 bits per heavy atom. The first-order chi connectivity index (χ1) is 5.02. The second-order valence-corrected chi connectivity index (χ2v) is 3.06. The van der Waals surface area contributed by atoms with Crippen LogP contribution in [0.15, 0.2) is 0 Å². The summed E-state index contributed by atoms with van der Waals surface area (Å²) in [5.74, 6) is -0.428. The minimum Gasteiger partial charge on any atom is -0.335 e. The van der Waals surface area contributed by atoms with Crippen LogP contribution in [-0.4, -0.2) is 23.3 Å². The smallest absolute Gasteiger partial charge is 0.321 e. The number of rotatable bonds is 2. The highest BCUT2D eigenvalue weighted by molar-refractivity contribution is 6.44. The van der Waals surface area contributed by atoms with Gasteiger partial charge < -0.3 is 5.32 Å². The molecule has 0 radical (unpaired) electrons. The summed E-state index contributed by atoms with van der Waals surface area (Å²) in [5, 5.41) is 4.27. The van der Waals surface area contributed by atoms with Crippen LogP contribution in [-0.2, 0) is 4.79 Å². The van der Waals surface area contributed by atoms with Gasteiger partial charge in [0.1, 0.15) is 4.84 Å². The summed E-state index contributed by atoms with van der Waals surface area (Å²) in [6.07, 6.45) is 0. The topological polar surface area (TPSA) is 58.2 Å². The minimum absolute atomic E-state index is 0.113. The van der Waals surface area contributed by atoms with Gasteiger partial charge in [0.05, 0.1) is 0 Å². The van der Waals surface area contributed by atoms with E-state index in [1.165, 1.54) is 6.92 Å². The van der Waals surface area contributed by atoms with Gasteiger partial charge in [0.15, 0.2) is 0 Å². The van der Waals surface area contributed by atoms with Crippen molar-refractivity contribution < 1.29 is 9.59 Å². The fraction of sp³-hybridized carbons (Fsp3) is 0.600. The molecule has 0 saturated carbocycles. The number of hydrogen-bond donors (Lipinski definition) is 2. The molecular formula is C5H8Cl2N2O2. The Hall–Kier alpha value is -0.480. The number of imide groups is 1. The third kappa shape index (κ3) is 7.42. The largest absolute Gasteiger partial charge is 0.335 e. The molecule has 6 heteroatoms. The lowest BCUT2D eigenvalue weighted by Gasteiger charge is -2.03. The van der Waals surface area contributed by atoms with Crippen molar-refractivity contribution in [1.82, 2.24) is 10.6 Å². The summed E-state index contributed by atoms with van der Waals surface area (Å²) in [7, 11) is 0. The van der Waals surface area contributed by atoms with E-state index in [0.717, 1.165) is 0 Å². The predicted molar refractivity (Wildman–Crippen MR) is 42.7 cm³/mol. The second-order valence-electron chi connectivity index (χ2n) is 1.78. The SMILES string of the molecule is CC(=O)NC(=O)NCC(Cl)Cl. The van der Waals surface area contributed by atoms with Crippen molar-refractivity contribution in [3.05, 3.63) is 0 Å². The lowest BCUT2D eigenvalue weighted by Crippen LogP contribution is -2.39. The highest BCUT2D eigenvalue weighted by Crippen LogP contribution is 1.97. The van der Waals surface area contributed by atoms with Crippen LogP contribution in [0, 0.1) is 0 Å². The lowest BCUT2D eigenvalue weighted by atomic mass is 10.6. The molecule has 0 bridgehead atoms. The number of amides is 3. The summed E-state index contributed by atoms with van der Waals surface area (Å²) in [6.45, 7) is 1.35. The standard InChI is InChI=1S/C5H8Cl2N2O2/c1-3(10)9-5(11)8-2-4(6)7/h4H,2H2,1H3,(H2,8,9,10,11). The zero-order valence-corrected chi connectivity index (χ0v) is 7.37. The maximum absolute atomic E-state index is 10.6. The van der Waals surface area contributed by atoms with Crippen LogP contribution < -0.4 is 10.6 Å². The molecule has 4 nitrogen and oxygen atoms in total. The number of hydrogen-bond acceptors (Lipinski definition) is 2. The van der Waals surface area contributed by atoms with E-state index >= 15 is 0 Å². The molecule has 0 aromatic rings. The van der Waals surface area contributed by atoms with E-state index in [1.807, 2.05) is 5.32 Å². The summed E-state index contributed by atoms with van der Waals surface area (Å²) in [6, 6.07) is -0.594. The van der Waals surface area contributed by atoms with E-state index in [4.69, 9.17) is 23.2 Å². The van der Waals surface area contributed by atoms with Crippen LogP contribution in [0.2, 0.25) is 0 Å². The maximum Gasteiger partial charge on any atom is 0.321 e. The molecule has 0 rings (SSSR count). The minimum atomic E-state index is -0.660. The number of carbonyl (C=O) groups is 2. The third-order valence-electron chi connectivity index (χ3n) is 0.706. The van der Waals surface area contributed by atoms with Crippen molar-refractivity contribution in [1.29, 1.82) is 0 Å². The number of alkyl halides is 2. The Balaban J connectivity index is 3.46. The van der Waals surface area contributed by atoms with Gasteiger partial charge in [0, 0.05) is 13.5 Å². The number of carbonyl (C=O) groups excluding carboxylic acids is 2. The summed E-state index contributed by atoms with van der Waals surface area (Å²) in [5.41, 5.74) is 0. The van der Waals surface area contributed by atoms with Crippen LogP contribution in [0.1, 0.15) is 6.92 Å². The van der Waals surface area contributed by atoms with E-state index in [1.54, 1.807) is 0 Å². The molecule has 0 aromatic carbocycles. The molecule has 0 heterocycles. The Labute approximate surface area is 74.2 Å². The summed E-state index contributed by atoms with van der Waals surface area (Å²) in [4.78, 5) is 20.2. The summed E-state index contributed by atoms with van der Waals surface area (Å²) >= 11 is 10.6. The molecule has 0 spiro atoms. The molecule has 11 heavy (non-hydrogen) atoms.